The van der Waals surface area contributed by atoms with Crippen molar-refractivity contribution in [2.75, 3.05) is 10.6 Å². The van der Waals surface area contributed by atoms with Gasteiger partial charge in [0.25, 0.3) is 11.8 Å². The Morgan fingerprint density at radius 2 is 1.54 bits per heavy atom. The van der Waals surface area contributed by atoms with Gasteiger partial charge in [-0.05, 0) is 49.2 Å². The van der Waals surface area contributed by atoms with E-state index in [9.17, 15) is 9.59 Å². The van der Waals surface area contributed by atoms with Gasteiger partial charge in [0, 0.05) is 18.1 Å². The number of nitrogens with zero attached hydrogens (tertiary/aromatic N) is 2. The summed E-state index contributed by atoms with van der Waals surface area (Å²) in [7, 11) is 0. The van der Waals surface area contributed by atoms with Crippen molar-refractivity contribution in [1.29, 1.82) is 5.26 Å². The van der Waals surface area contributed by atoms with Crippen molar-refractivity contribution < 1.29 is 9.59 Å². The third-order valence-corrected chi connectivity index (χ3v) is 4.20. The molecule has 3 aromatic rings. The van der Waals surface area contributed by atoms with E-state index in [0.29, 0.717) is 16.9 Å². The van der Waals surface area contributed by atoms with E-state index in [1.807, 2.05) is 38.1 Å². The van der Waals surface area contributed by atoms with Crippen LogP contribution in [-0.4, -0.2) is 16.8 Å². The zero-order valence-electron chi connectivity index (χ0n) is 15.5. The van der Waals surface area contributed by atoms with Gasteiger partial charge in [0.2, 0.25) is 0 Å². The summed E-state index contributed by atoms with van der Waals surface area (Å²) in [6, 6.07) is 16.0. The van der Waals surface area contributed by atoms with Gasteiger partial charge in [0.15, 0.2) is 0 Å². The van der Waals surface area contributed by atoms with E-state index in [1.165, 1.54) is 18.5 Å². The van der Waals surface area contributed by atoms with Crippen LogP contribution in [0.3, 0.4) is 0 Å². The summed E-state index contributed by atoms with van der Waals surface area (Å²) < 4.78 is 0. The van der Waals surface area contributed by atoms with Crippen molar-refractivity contribution in [3.63, 3.8) is 0 Å². The maximum atomic E-state index is 12.6. The summed E-state index contributed by atoms with van der Waals surface area (Å²) in [5.74, 6) is -0.801. The number of para-hydroxylation sites is 1. The van der Waals surface area contributed by atoms with Gasteiger partial charge in [-0.25, -0.2) is 0 Å². The number of carbonyl (C=O) groups is 2. The summed E-state index contributed by atoms with van der Waals surface area (Å²) in [6.45, 7) is 3.85. The maximum absolute atomic E-state index is 12.6. The zero-order chi connectivity index (χ0) is 20.1. The molecule has 6 heteroatoms. The zero-order valence-corrected chi connectivity index (χ0v) is 15.5. The van der Waals surface area contributed by atoms with Crippen LogP contribution in [0.1, 0.15) is 37.4 Å². The Kier molecular flexibility index (Phi) is 5.47. The third-order valence-electron chi connectivity index (χ3n) is 4.20. The largest absolute Gasteiger partial charge is 0.322 e. The molecular formula is C22H18N4O2. The molecule has 0 aliphatic carbocycles. The van der Waals surface area contributed by atoms with E-state index in [4.69, 9.17) is 5.26 Å². The van der Waals surface area contributed by atoms with Crippen LogP contribution >= 0.6 is 0 Å². The number of anilines is 2. The third kappa shape index (κ3) is 4.22. The number of nitriles is 1. The summed E-state index contributed by atoms with van der Waals surface area (Å²) >= 11 is 0. The Morgan fingerprint density at radius 3 is 2.21 bits per heavy atom. The molecule has 1 aromatic heterocycles. The minimum atomic E-state index is -0.448. The van der Waals surface area contributed by atoms with Crippen LogP contribution in [0.4, 0.5) is 11.4 Å². The van der Waals surface area contributed by atoms with E-state index in [1.54, 1.807) is 24.3 Å². The highest BCUT2D eigenvalue weighted by molar-refractivity contribution is 6.08. The quantitative estimate of drug-likeness (QED) is 0.723. The van der Waals surface area contributed by atoms with Crippen molar-refractivity contribution in [2.24, 2.45) is 0 Å². The smallest absolute Gasteiger partial charge is 0.257 e. The van der Waals surface area contributed by atoms with Crippen molar-refractivity contribution in [2.45, 2.75) is 13.8 Å². The lowest BCUT2D eigenvalue weighted by molar-refractivity contribution is 0.102. The fourth-order valence-electron chi connectivity index (χ4n) is 2.64. The molecule has 0 fully saturated rings. The number of pyridine rings is 1. The average molecular weight is 370 g/mol. The molecule has 1 heterocycles. The van der Waals surface area contributed by atoms with Crippen LogP contribution in [0, 0.1) is 25.2 Å². The highest BCUT2D eigenvalue weighted by Gasteiger charge is 2.14. The highest BCUT2D eigenvalue weighted by Crippen LogP contribution is 2.18. The summed E-state index contributed by atoms with van der Waals surface area (Å²) in [5, 5.41) is 14.7. The van der Waals surface area contributed by atoms with Gasteiger partial charge in [-0.3, -0.25) is 14.6 Å². The number of aryl methyl sites for hydroxylation is 2. The lowest BCUT2D eigenvalue weighted by atomic mass is 10.1. The second-order valence-corrected chi connectivity index (χ2v) is 6.35. The number of benzene rings is 2. The molecule has 2 N–H and O–H groups in total. The number of hydrogen-bond acceptors (Lipinski definition) is 4. The van der Waals surface area contributed by atoms with Crippen molar-refractivity contribution in [3.05, 3.63) is 88.7 Å². The van der Waals surface area contributed by atoms with Gasteiger partial charge in [-0.1, -0.05) is 24.3 Å². The Bertz CT molecular complexity index is 1100. The lowest BCUT2D eigenvalue weighted by Crippen LogP contribution is -2.17. The molecule has 3 rings (SSSR count). The standard InChI is InChI=1S/C22H18N4O2/c1-14-7-8-15(2)20(9-14)26-22(28)18-10-17(12-24-13-18)21(27)25-19-6-4-3-5-16(19)11-23/h3-10,12-13H,1-2H3,(H,25,27)(H,26,28). The fraction of sp³-hybridized carbons (Fsp3) is 0.0909. The Morgan fingerprint density at radius 1 is 0.893 bits per heavy atom. The predicted molar refractivity (Wildman–Crippen MR) is 107 cm³/mol. The monoisotopic (exact) mass is 370 g/mol. The number of amides is 2. The summed E-state index contributed by atoms with van der Waals surface area (Å²) in [4.78, 5) is 29.1. The van der Waals surface area contributed by atoms with Gasteiger partial charge in [-0.15, -0.1) is 0 Å². The lowest BCUT2D eigenvalue weighted by Gasteiger charge is -2.10. The van der Waals surface area contributed by atoms with Crippen LogP contribution < -0.4 is 10.6 Å². The first-order chi connectivity index (χ1) is 13.5. The molecule has 0 aliphatic rings. The van der Waals surface area contributed by atoms with E-state index in [-0.39, 0.29) is 17.0 Å². The number of carbonyl (C=O) groups excluding carboxylic acids is 2. The number of nitrogens with one attached hydrogen (secondary N) is 2. The first-order valence-electron chi connectivity index (χ1n) is 8.62. The van der Waals surface area contributed by atoms with E-state index >= 15 is 0 Å². The number of rotatable bonds is 4. The second-order valence-electron chi connectivity index (χ2n) is 6.35. The molecule has 2 aromatic carbocycles. The Balaban J connectivity index is 1.80. The van der Waals surface area contributed by atoms with Crippen LogP contribution in [-0.2, 0) is 0 Å². The van der Waals surface area contributed by atoms with Crippen molar-refractivity contribution >= 4 is 23.2 Å². The molecule has 0 saturated heterocycles. The number of aromatic nitrogens is 1. The summed E-state index contributed by atoms with van der Waals surface area (Å²) in [5.41, 5.74) is 3.93. The molecule has 0 radical (unpaired) electrons. The molecule has 138 valence electrons. The van der Waals surface area contributed by atoms with E-state index in [0.717, 1.165) is 11.1 Å². The average Bonchev–Trinajstić information content (AvgIpc) is 2.71. The molecule has 0 unspecified atom stereocenters. The molecule has 2 amide bonds. The number of hydrogen-bond donors (Lipinski definition) is 2. The van der Waals surface area contributed by atoms with Crippen LogP contribution in [0.2, 0.25) is 0 Å². The van der Waals surface area contributed by atoms with Gasteiger partial charge in [0.05, 0.1) is 22.4 Å². The Hall–Kier alpha value is -3.98. The molecule has 6 nitrogen and oxygen atoms in total. The molecule has 28 heavy (non-hydrogen) atoms. The van der Waals surface area contributed by atoms with Gasteiger partial charge in [0.1, 0.15) is 6.07 Å². The molecule has 0 bridgehead atoms. The predicted octanol–water partition coefficient (Wildman–Crippen LogP) is 4.07. The first-order valence-corrected chi connectivity index (χ1v) is 8.62. The van der Waals surface area contributed by atoms with E-state index in [2.05, 4.69) is 15.6 Å². The van der Waals surface area contributed by atoms with Crippen molar-refractivity contribution in [1.82, 2.24) is 4.98 Å². The molecule has 0 saturated carbocycles. The highest BCUT2D eigenvalue weighted by atomic mass is 16.2. The molecule has 0 atom stereocenters. The second kappa shape index (κ2) is 8.14. The topological polar surface area (TPSA) is 94.9 Å². The van der Waals surface area contributed by atoms with Gasteiger partial charge in [-0.2, -0.15) is 5.26 Å². The van der Waals surface area contributed by atoms with Gasteiger partial charge >= 0.3 is 0 Å². The minimum Gasteiger partial charge on any atom is -0.322 e. The normalized spacial score (nSPS) is 10.0. The summed E-state index contributed by atoms with van der Waals surface area (Å²) in [6.07, 6.45) is 2.78. The van der Waals surface area contributed by atoms with Crippen molar-refractivity contribution in [3.8, 4) is 6.07 Å². The Labute approximate surface area is 162 Å². The fourth-order valence-corrected chi connectivity index (χ4v) is 2.64. The minimum absolute atomic E-state index is 0.223. The van der Waals surface area contributed by atoms with Crippen LogP contribution in [0.25, 0.3) is 0 Å². The molecule has 0 spiro atoms. The first kappa shape index (κ1) is 18.8. The van der Waals surface area contributed by atoms with Crippen LogP contribution in [0.15, 0.2) is 60.9 Å². The molecular weight excluding hydrogens is 352 g/mol. The maximum Gasteiger partial charge on any atom is 0.257 e. The van der Waals surface area contributed by atoms with Gasteiger partial charge < -0.3 is 10.6 Å². The van der Waals surface area contributed by atoms with Crippen LogP contribution in [0.5, 0.6) is 0 Å². The van der Waals surface area contributed by atoms with E-state index < -0.39 is 5.91 Å². The molecule has 0 aliphatic heterocycles. The SMILES string of the molecule is Cc1ccc(C)c(NC(=O)c2cncc(C(=O)Nc3ccccc3C#N)c2)c1.